The van der Waals surface area contributed by atoms with Gasteiger partial charge in [-0.3, -0.25) is 4.90 Å². The fourth-order valence-corrected chi connectivity index (χ4v) is 3.04. The van der Waals surface area contributed by atoms with Gasteiger partial charge in [0.2, 0.25) is 0 Å². The number of methoxy groups -OCH3 is 1. The molecule has 0 aromatic carbocycles. The third kappa shape index (κ3) is 2.92. The van der Waals surface area contributed by atoms with Crippen LogP contribution in [-0.4, -0.2) is 50.3 Å². The van der Waals surface area contributed by atoms with Crippen molar-refractivity contribution in [2.75, 3.05) is 33.4 Å². The minimum atomic E-state index is 0.773. The van der Waals surface area contributed by atoms with E-state index in [4.69, 9.17) is 4.74 Å². The number of rotatable bonds is 4. The van der Waals surface area contributed by atoms with Gasteiger partial charge in [0.15, 0.2) is 0 Å². The van der Waals surface area contributed by atoms with Crippen molar-refractivity contribution in [3.05, 3.63) is 0 Å². The first-order valence-corrected chi connectivity index (χ1v) is 6.38. The normalized spacial score (nSPS) is 32.6. The van der Waals surface area contributed by atoms with Crippen molar-refractivity contribution >= 4 is 0 Å². The Bertz CT molecular complexity index is 184. The van der Waals surface area contributed by atoms with Gasteiger partial charge in [-0.15, -0.1) is 0 Å². The monoisotopic (exact) mass is 212 g/mol. The molecule has 1 saturated heterocycles. The highest BCUT2D eigenvalue weighted by atomic mass is 16.5. The number of hydrogen-bond acceptors (Lipinski definition) is 3. The van der Waals surface area contributed by atoms with E-state index in [1.165, 1.54) is 51.7 Å². The summed E-state index contributed by atoms with van der Waals surface area (Å²) in [6.45, 7) is 4.52. The number of nitrogens with zero attached hydrogens (tertiary/aromatic N) is 1. The Morgan fingerprint density at radius 3 is 3.07 bits per heavy atom. The molecule has 2 aliphatic rings. The maximum absolute atomic E-state index is 5.13. The summed E-state index contributed by atoms with van der Waals surface area (Å²) in [4.78, 5) is 2.68. The largest absolute Gasteiger partial charge is 0.385 e. The molecule has 2 rings (SSSR count). The third-order valence-electron chi connectivity index (χ3n) is 3.80. The molecule has 2 atom stereocenters. The highest BCUT2D eigenvalue weighted by Gasteiger charge is 2.32. The molecule has 0 aromatic rings. The second kappa shape index (κ2) is 5.83. The molecule has 1 aliphatic carbocycles. The van der Waals surface area contributed by atoms with E-state index in [2.05, 4.69) is 10.2 Å². The highest BCUT2D eigenvalue weighted by molar-refractivity contribution is 4.91. The first-order chi connectivity index (χ1) is 7.42. The molecule has 2 fully saturated rings. The number of fused-ring (bicyclic) bond motifs is 1. The molecule has 1 heterocycles. The minimum Gasteiger partial charge on any atom is -0.385 e. The topological polar surface area (TPSA) is 24.5 Å². The van der Waals surface area contributed by atoms with Crippen molar-refractivity contribution in [1.29, 1.82) is 0 Å². The van der Waals surface area contributed by atoms with Crippen LogP contribution in [0.3, 0.4) is 0 Å². The molecule has 2 unspecified atom stereocenters. The van der Waals surface area contributed by atoms with E-state index in [9.17, 15) is 0 Å². The molecule has 1 aliphatic heterocycles. The van der Waals surface area contributed by atoms with E-state index in [1.54, 1.807) is 7.11 Å². The first-order valence-electron chi connectivity index (χ1n) is 6.38. The van der Waals surface area contributed by atoms with Crippen LogP contribution in [0.5, 0.6) is 0 Å². The zero-order valence-corrected chi connectivity index (χ0v) is 9.87. The fraction of sp³-hybridized carbons (Fsp3) is 1.00. The molecule has 0 spiro atoms. The second-order valence-corrected chi connectivity index (χ2v) is 4.79. The van der Waals surface area contributed by atoms with Crippen molar-refractivity contribution in [2.24, 2.45) is 0 Å². The van der Waals surface area contributed by atoms with Gasteiger partial charge in [-0.05, 0) is 19.3 Å². The zero-order chi connectivity index (χ0) is 10.5. The smallest absolute Gasteiger partial charge is 0.0474 e. The Hall–Kier alpha value is -0.120. The minimum absolute atomic E-state index is 0.773. The van der Waals surface area contributed by atoms with Gasteiger partial charge in [-0.1, -0.05) is 12.8 Å². The molecular formula is C12H24N2O. The number of nitrogens with one attached hydrogen (secondary N) is 1. The number of ether oxygens (including phenoxy) is 1. The van der Waals surface area contributed by atoms with Gasteiger partial charge in [-0.2, -0.15) is 0 Å². The average molecular weight is 212 g/mol. The molecular weight excluding hydrogens is 188 g/mol. The lowest BCUT2D eigenvalue weighted by Crippen LogP contribution is -2.59. The van der Waals surface area contributed by atoms with Crippen molar-refractivity contribution < 1.29 is 4.74 Å². The molecule has 0 amide bonds. The van der Waals surface area contributed by atoms with Crippen LogP contribution >= 0.6 is 0 Å². The Morgan fingerprint density at radius 2 is 2.20 bits per heavy atom. The van der Waals surface area contributed by atoms with Crippen LogP contribution in [0.25, 0.3) is 0 Å². The van der Waals surface area contributed by atoms with Crippen molar-refractivity contribution in [3.63, 3.8) is 0 Å². The van der Waals surface area contributed by atoms with Crippen LogP contribution in [0.1, 0.15) is 32.1 Å². The van der Waals surface area contributed by atoms with Gasteiger partial charge in [0, 0.05) is 45.4 Å². The number of piperazine rings is 1. The summed E-state index contributed by atoms with van der Waals surface area (Å²) >= 11 is 0. The Labute approximate surface area is 93.2 Å². The summed E-state index contributed by atoms with van der Waals surface area (Å²) in [7, 11) is 1.79. The van der Waals surface area contributed by atoms with E-state index in [1.807, 2.05) is 0 Å². The molecule has 88 valence electrons. The molecule has 3 heteroatoms. The van der Waals surface area contributed by atoms with E-state index in [-0.39, 0.29) is 0 Å². The summed E-state index contributed by atoms with van der Waals surface area (Å²) < 4.78 is 5.13. The predicted molar refractivity (Wildman–Crippen MR) is 62.1 cm³/mol. The molecule has 0 radical (unpaired) electrons. The maximum Gasteiger partial charge on any atom is 0.0474 e. The van der Waals surface area contributed by atoms with Gasteiger partial charge in [0.05, 0.1) is 0 Å². The summed E-state index contributed by atoms with van der Waals surface area (Å²) in [5.74, 6) is 0. The molecule has 0 aromatic heterocycles. The quantitative estimate of drug-likeness (QED) is 0.710. The van der Waals surface area contributed by atoms with E-state index in [0.29, 0.717) is 0 Å². The van der Waals surface area contributed by atoms with Crippen molar-refractivity contribution in [1.82, 2.24) is 10.2 Å². The standard InChI is InChI=1S/C12H24N2O/c1-15-10-4-8-14-9-7-13-11-5-2-3-6-12(11)14/h11-13H,2-10H2,1H3. The maximum atomic E-state index is 5.13. The van der Waals surface area contributed by atoms with Gasteiger partial charge >= 0.3 is 0 Å². The van der Waals surface area contributed by atoms with Gasteiger partial charge in [-0.25, -0.2) is 0 Å². The van der Waals surface area contributed by atoms with Crippen molar-refractivity contribution in [2.45, 2.75) is 44.2 Å². The summed E-state index contributed by atoms with van der Waals surface area (Å²) in [5, 5.41) is 3.67. The van der Waals surface area contributed by atoms with E-state index >= 15 is 0 Å². The van der Waals surface area contributed by atoms with Crippen LogP contribution in [0, 0.1) is 0 Å². The lowest BCUT2D eigenvalue weighted by molar-refractivity contribution is 0.0772. The molecule has 3 nitrogen and oxygen atoms in total. The van der Waals surface area contributed by atoms with Crippen LogP contribution in [0.15, 0.2) is 0 Å². The third-order valence-corrected chi connectivity index (χ3v) is 3.80. The van der Waals surface area contributed by atoms with Gasteiger partial charge < -0.3 is 10.1 Å². The second-order valence-electron chi connectivity index (χ2n) is 4.79. The highest BCUT2D eigenvalue weighted by Crippen LogP contribution is 2.25. The lowest BCUT2D eigenvalue weighted by Gasteiger charge is -2.44. The van der Waals surface area contributed by atoms with Gasteiger partial charge in [0.1, 0.15) is 0 Å². The van der Waals surface area contributed by atoms with Crippen LogP contribution in [-0.2, 0) is 4.74 Å². The summed E-state index contributed by atoms with van der Waals surface area (Å²) in [6.07, 6.45) is 6.79. The van der Waals surface area contributed by atoms with Crippen LogP contribution < -0.4 is 5.32 Å². The molecule has 1 N–H and O–H groups in total. The Balaban J connectivity index is 1.81. The Kier molecular flexibility index (Phi) is 4.42. The fourth-order valence-electron chi connectivity index (χ4n) is 3.04. The zero-order valence-electron chi connectivity index (χ0n) is 9.87. The van der Waals surface area contributed by atoms with Crippen LogP contribution in [0.2, 0.25) is 0 Å². The summed E-state index contributed by atoms with van der Waals surface area (Å²) in [5.41, 5.74) is 0. The lowest BCUT2D eigenvalue weighted by atomic mass is 9.87. The average Bonchev–Trinajstić information content (AvgIpc) is 2.30. The molecule has 1 saturated carbocycles. The number of hydrogen-bond donors (Lipinski definition) is 1. The first kappa shape index (κ1) is 11.4. The SMILES string of the molecule is COCCCN1CCNC2CCCCC21. The Morgan fingerprint density at radius 1 is 1.33 bits per heavy atom. The molecule has 15 heavy (non-hydrogen) atoms. The van der Waals surface area contributed by atoms with E-state index < -0.39 is 0 Å². The van der Waals surface area contributed by atoms with E-state index in [0.717, 1.165) is 18.7 Å². The predicted octanol–water partition coefficient (Wildman–Crippen LogP) is 1.24. The van der Waals surface area contributed by atoms with Crippen LogP contribution in [0.4, 0.5) is 0 Å². The molecule has 0 bridgehead atoms. The summed E-state index contributed by atoms with van der Waals surface area (Å²) in [6, 6.07) is 1.58. The van der Waals surface area contributed by atoms with Gasteiger partial charge in [0.25, 0.3) is 0 Å². The van der Waals surface area contributed by atoms with Crippen molar-refractivity contribution in [3.8, 4) is 0 Å².